The van der Waals surface area contributed by atoms with Crippen LogP contribution in [0.15, 0.2) is 60.1 Å². The molecule has 0 radical (unpaired) electrons. The Kier molecular flexibility index (Phi) is 8.43. The lowest BCUT2D eigenvalue weighted by Crippen LogP contribution is -2.12. The molecule has 30 heavy (non-hydrogen) atoms. The summed E-state index contributed by atoms with van der Waals surface area (Å²) in [5.74, 6) is 2.34. The van der Waals surface area contributed by atoms with E-state index in [1.807, 2.05) is 62.9 Å². The number of halogens is 2. The topological polar surface area (TPSA) is 50.3 Å². The van der Waals surface area contributed by atoms with Crippen LogP contribution in [0.5, 0.6) is 11.5 Å². The summed E-state index contributed by atoms with van der Waals surface area (Å²) in [7, 11) is 4.07. The number of pyridine rings is 1. The van der Waals surface area contributed by atoms with Crippen molar-refractivity contribution in [2.75, 3.05) is 19.4 Å². The molecule has 5 nitrogen and oxygen atoms in total. The van der Waals surface area contributed by atoms with Gasteiger partial charge in [0.05, 0.1) is 5.69 Å². The maximum atomic E-state index is 6.38. The largest absolute Gasteiger partial charge is 0.456 e. The first kappa shape index (κ1) is 23.9. The lowest BCUT2D eigenvalue weighted by atomic mass is 10.1. The molecule has 0 saturated carbocycles. The van der Waals surface area contributed by atoms with E-state index in [9.17, 15) is 0 Å². The van der Waals surface area contributed by atoms with Gasteiger partial charge in [-0.05, 0) is 32.5 Å². The Morgan fingerprint density at radius 2 is 1.80 bits per heavy atom. The van der Waals surface area contributed by atoms with Crippen LogP contribution in [0, 0.1) is 6.92 Å². The molecule has 8 heteroatoms. The number of hydrogen-bond donors (Lipinski definition) is 1. The van der Waals surface area contributed by atoms with Gasteiger partial charge in [-0.1, -0.05) is 36.4 Å². The Morgan fingerprint density at radius 3 is 2.53 bits per heavy atom. The highest BCUT2D eigenvalue weighted by atomic mass is 35.5. The van der Waals surface area contributed by atoms with Crippen LogP contribution in [-0.2, 0) is 6.54 Å². The normalized spacial score (nSPS) is 10.4. The van der Waals surface area contributed by atoms with Gasteiger partial charge in [-0.25, -0.2) is 9.97 Å². The van der Waals surface area contributed by atoms with Gasteiger partial charge in [0.2, 0.25) is 0 Å². The SMILES string of the molecule is Cc1csc(Nc2cc(Oc3cccc4ccccc34)c(CN(C)C)cn2)n1.Cl.Cl. The van der Waals surface area contributed by atoms with Gasteiger partial charge in [0.1, 0.15) is 17.3 Å². The first-order chi connectivity index (χ1) is 13.6. The van der Waals surface area contributed by atoms with Gasteiger partial charge in [-0.2, -0.15) is 0 Å². The summed E-state index contributed by atoms with van der Waals surface area (Å²) in [6, 6.07) is 16.3. The van der Waals surface area contributed by atoms with Gasteiger partial charge in [0.25, 0.3) is 0 Å². The molecule has 0 saturated heterocycles. The van der Waals surface area contributed by atoms with E-state index in [0.29, 0.717) is 5.82 Å². The van der Waals surface area contributed by atoms with Crippen LogP contribution in [0.25, 0.3) is 10.8 Å². The number of ether oxygens (including phenoxy) is 1. The zero-order valence-corrected chi connectivity index (χ0v) is 19.4. The Hall–Kier alpha value is -2.38. The maximum Gasteiger partial charge on any atom is 0.188 e. The van der Waals surface area contributed by atoms with Crippen molar-refractivity contribution in [1.82, 2.24) is 14.9 Å². The van der Waals surface area contributed by atoms with E-state index in [2.05, 4.69) is 38.4 Å². The third-order valence-electron chi connectivity index (χ3n) is 4.25. The van der Waals surface area contributed by atoms with E-state index in [-0.39, 0.29) is 24.8 Å². The van der Waals surface area contributed by atoms with Crippen LogP contribution in [0.4, 0.5) is 10.9 Å². The third-order valence-corrected chi connectivity index (χ3v) is 5.13. The fourth-order valence-corrected chi connectivity index (χ4v) is 3.71. The zero-order valence-electron chi connectivity index (χ0n) is 17.0. The summed E-state index contributed by atoms with van der Waals surface area (Å²) in [4.78, 5) is 11.1. The lowest BCUT2D eigenvalue weighted by Gasteiger charge is -2.16. The molecule has 158 valence electrons. The Morgan fingerprint density at radius 1 is 1.03 bits per heavy atom. The predicted molar refractivity (Wildman–Crippen MR) is 130 cm³/mol. The molecule has 0 aliphatic carbocycles. The summed E-state index contributed by atoms with van der Waals surface area (Å²) >= 11 is 1.56. The maximum absolute atomic E-state index is 6.38. The fourth-order valence-electron chi connectivity index (χ4n) is 3.01. The molecule has 2 aromatic heterocycles. The van der Waals surface area contributed by atoms with Gasteiger partial charge in [-0.15, -0.1) is 36.2 Å². The smallest absolute Gasteiger partial charge is 0.188 e. The summed E-state index contributed by atoms with van der Waals surface area (Å²) in [6.45, 7) is 2.72. The van der Waals surface area contributed by atoms with Gasteiger partial charge < -0.3 is 15.0 Å². The van der Waals surface area contributed by atoms with Gasteiger partial charge in [0, 0.05) is 35.1 Å². The second-order valence-electron chi connectivity index (χ2n) is 6.91. The molecule has 0 aliphatic heterocycles. The average Bonchev–Trinajstić information content (AvgIpc) is 3.08. The number of nitrogens with one attached hydrogen (secondary N) is 1. The van der Waals surface area contributed by atoms with Crippen LogP contribution in [0.1, 0.15) is 11.3 Å². The van der Waals surface area contributed by atoms with E-state index in [4.69, 9.17) is 4.74 Å². The zero-order chi connectivity index (χ0) is 19.5. The molecular formula is C22H24Cl2N4OS. The molecular weight excluding hydrogens is 439 g/mol. The minimum atomic E-state index is 0. The average molecular weight is 463 g/mol. The Bertz CT molecular complexity index is 1110. The number of nitrogens with zero attached hydrogens (tertiary/aromatic N) is 3. The number of fused-ring (bicyclic) bond motifs is 1. The molecule has 2 heterocycles. The number of anilines is 2. The number of aromatic nitrogens is 2. The molecule has 0 fully saturated rings. The van der Waals surface area contributed by atoms with Crippen LogP contribution in [-0.4, -0.2) is 29.0 Å². The fraction of sp³-hybridized carbons (Fsp3) is 0.182. The van der Waals surface area contributed by atoms with Gasteiger partial charge >= 0.3 is 0 Å². The molecule has 0 unspecified atom stereocenters. The number of hydrogen-bond acceptors (Lipinski definition) is 6. The molecule has 4 rings (SSSR count). The number of aryl methyl sites for hydroxylation is 1. The lowest BCUT2D eigenvalue weighted by molar-refractivity contribution is 0.388. The highest BCUT2D eigenvalue weighted by Crippen LogP contribution is 2.33. The quantitative estimate of drug-likeness (QED) is 0.357. The standard InChI is InChI=1S/C22H22N4OS.2ClH/c1-15-14-28-22(24-15)25-21-11-20(17(12-23-21)13-26(2)3)27-19-10-6-8-16-7-4-5-9-18(16)19;;/h4-12,14H,13H2,1-3H3,(H,23,24,25);2*1H. The minimum absolute atomic E-state index is 0. The number of benzene rings is 2. The predicted octanol–water partition coefficient (Wildman–Crippen LogP) is 6.44. The molecule has 0 aliphatic rings. The number of rotatable bonds is 6. The van der Waals surface area contributed by atoms with E-state index in [1.165, 1.54) is 0 Å². The summed E-state index contributed by atoms with van der Waals surface area (Å²) < 4.78 is 6.38. The minimum Gasteiger partial charge on any atom is -0.456 e. The van der Waals surface area contributed by atoms with Crippen LogP contribution < -0.4 is 10.1 Å². The molecule has 0 atom stereocenters. The van der Waals surface area contributed by atoms with Crippen molar-refractivity contribution in [3.63, 3.8) is 0 Å². The van der Waals surface area contributed by atoms with E-state index in [1.54, 1.807) is 11.3 Å². The molecule has 0 amide bonds. The van der Waals surface area contributed by atoms with Crippen molar-refractivity contribution >= 4 is 57.9 Å². The second-order valence-corrected chi connectivity index (χ2v) is 7.77. The van der Waals surface area contributed by atoms with Crippen molar-refractivity contribution in [2.24, 2.45) is 0 Å². The van der Waals surface area contributed by atoms with Gasteiger partial charge in [-0.3, -0.25) is 0 Å². The van der Waals surface area contributed by atoms with Crippen molar-refractivity contribution in [1.29, 1.82) is 0 Å². The Labute approximate surface area is 192 Å². The van der Waals surface area contributed by atoms with Crippen molar-refractivity contribution in [3.05, 3.63) is 71.4 Å². The van der Waals surface area contributed by atoms with Crippen LogP contribution in [0.2, 0.25) is 0 Å². The highest BCUT2D eigenvalue weighted by Gasteiger charge is 2.12. The second kappa shape index (κ2) is 10.6. The molecule has 0 bridgehead atoms. The Balaban J connectivity index is 0.00000160. The van der Waals surface area contributed by atoms with Crippen molar-refractivity contribution in [2.45, 2.75) is 13.5 Å². The number of thiazole rings is 1. The van der Waals surface area contributed by atoms with Crippen molar-refractivity contribution in [3.8, 4) is 11.5 Å². The van der Waals surface area contributed by atoms with E-state index in [0.717, 1.165) is 45.2 Å². The summed E-state index contributed by atoms with van der Waals surface area (Å²) in [6.07, 6.45) is 1.86. The summed E-state index contributed by atoms with van der Waals surface area (Å²) in [5.41, 5.74) is 2.02. The first-order valence-electron chi connectivity index (χ1n) is 9.07. The van der Waals surface area contributed by atoms with Crippen LogP contribution >= 0.6 is 36.2 Å². The third kappa shape index (κ3) is 5.61. The van der Waals surface area contributed by atoms with E-state index >= 15 is 0 Å². The molecule has 2 aromatic carbocycles. The highest BCUT2D eigenvalue weighted by molar-refractivity contribution is 7.13. The van der Waals surface area contributed by atoms with Gasteiger partial charge in [0.15, 0.2) is 5.13 Å². The molecule has 0 spiro atoms. The first-order valence-corrected chi connectivity index (χ1v) is 9.95. The van der Waals surface area contributed by atoms with E-state index < -0.39 is 0 Å². The molecule has 4 aromatic rings. The monoisotopic (exact) mass is 462 g/mol. The van der Waals surface area contributed by atoms with Crippen molar-refractivity contribution < 1.29 is 4.74 Å². The van der Waals surface area contributed by atoms with Crippen LogP contribution in [0.3, 0.4) is 0 Å². The summed E-state index contributed by atoms with van der Waals surface area (Å²) in [5, 5.41) is 8.34. The molecule has 1 N–H and O–H groups in total.